The van der Waals surface area contributed by atoms with E-state index in [0.29, 0.717) is 13.0 Å². The van der Waals surface area contributed by atoms with Gasteiger partial charge in [0.1, 0.15) is 0 Å². The number of non-ortho nitro benzene ring substituents is 1. The third-order valence-electron chi connectivity index (χ3n) is 4.49. The van der Waals surface area contributed by atoms with Crippen LogP contribution in [0.3, 0.4) is 0 Å². The van der Waals surface area contributed by atoms with Gasteiger partial charge in [-0.3, -0.25) is 15.0 Å². The van der Waals surface area contributed by atoms with E-state index in [1.54, 1.807) is 0 Å². The van der Waals surface area contributed by atoms with Crippen LogP contribution in [0.4, 0.5) is 5.69 Å². The Bertz CT molecular complexity index is 899. The second-order valence-corrected chi connectivity index (χ2v) is 8.07. The van der Waals surface area contributed by atoms with E-state index in [2.05, 4.69) is 27.8 Å². The number of hydrogen-bond acceptors (Lipinski definition) is 5. The van der Waals surface area contributed by atoms with Crippen LogP contribution in [0, 0.1) is 10.1 Å². The highest BCUT2D eigenvalue weighted by Gasteiger charge is 2.18. The van der Waals surface area contributed by atoms with E-state index < -0.39 is 14.9 Å². The van der Waals surface area contributed by atoms with Crippen LogP contribution < -0.4 is 4.72 Å². The molecule has 1 aliphatic rings. The summed E-state index contributed by atoms with van der Waals surface area (Å²) < 4.78 is 27.1. The first-order chi connectivity index (χ1) is 12.5. The number of nitro benzene ring substituents is 1. The first kappa shape index (κ1) is 18.5. The molecule has 1 aliphatic heterocycles. The highest BCUT2D eigenvalue weighted by Crippen LogP contribution is 2.19. The molecule has 26 heavy (non-hydrogen) atoms. The van der Waals surface area contributed by atoms with E-state index in [0.717, 1.165) is 32.1 Å². The molecule has 0 aromatic heterocycles. The molecule has 0 spiro atoms. The first-order valence-electron chi connectivity index (χ1n) is 8.49. The topological polar surface area (TPSA) is 92.5 Å². The number of rotatable bonds is 7. The van der Waals surface area contributed by atoms with Gasteiger partial charge in [0.15, 0.2) is 0 Å². The molecule has 138 valence electrons. The molecule has 8 heteroatoms. The van der Waals surface area contributed by atoms with Gasteiger partial charge < -0.3 is 0 Å². The molecular weight excluding hydrogens is 354 g/mol. The van der Waals surface area contributed by atoms with Gasteiger partial charge in [0.25, 0.3) is 5.69 Å². The Morgan fingerprint density at radius 2 is 1.88 bits per heavy atom. The number of benzene rings is 2. The summed E-state index contributed by atoms with van der Waals surface area (Å²) in [6.07, 6.45) is 1.69. The zero-order valence-electron chi connectivity index (χ0n) is 14.3. The summed E-state index contributed by atoms with van der Waals surface area (Å²) in [7, 11) is -3.74. The lowest BCUT2D eigenvalue weighted by Crippen LogP contribution is -2.33. The van der Waals surface area contributed by atoms with Crippen LogP contribution >= 0.6 is 0 Å². The summed E-state index contributed by atoms with van der Waals surface area (Å²) >= 11 is 0. The second-order valence-electron chi connectivity index (χ2n) is 6.30. The Balaban J connectivity index is 1.50. The van der Waals surface area contributed by atoms with Gasteiger partial charge in [0.05, 0.1) is 9.82 Å². The van der Waals surface area contributed by atoms with Crippen molar-refractivity contribution in [3.05, 3.63) is 69.8 Å². The summed E-state index contributed by atoms with van der Waals surface area (Å²) in [5.74, 6) is 0. The Morgan fingerprint density at radius 1 is 1.12 bits per heavy atom. The smallest absolute Gasteiger partial charge is 0.270 e. The van der Waals surface area contributed by atoms with Crippen LogP contribution in [-0.2, 0) is 23.0 Å². The van der Waals surface area contributed by atoms with Gasteiger partial charge in [-0.15, -0.1) is 0 Å². The molecule has 2 aromatic carbocycles. The molecule has 0 amide bonds. The maximum Gasteiger partial charge on any atom is 0.270 e. The monoisotopic (exact) mass is 375 g/mol. The van der Waals surface area contributed by atoms with Crippen LogP contribution in [0.15, 0.2) is 53.4 Å². The lowest BCUT2D eigenvalue weighted by molar-refractivity contribution is -0.385. The first-order valence-corrected chi connectivity index (χ1v) is 9.97. The predicted octanol–water partition coefficient (Wildman–Crippen LogP) is 2.32. The van der Waals surface area contributed by atoms with Crippen molar-refractivity contribution >= 4 is 15.7 Å². The van der Waals surface area contributed by atoms with Gasteiger partial charge >= 0.3 is 0 Å². The molecule has 0 fully saturated rings. The number of nitrogens with one attached hydrogen (secondary N) is 1. The normalized spacial score (nSPS) is 14.8. The Hall–Kier alpha value is -2.29. The molecule has 1 heterocycles. The maximum atomic E-state index is 12.3. The number of nitro groups is 1. The minimum atomic E-state index is -3.74. The maximum absolute atomic E-state index is 12.3. The van der Waals surface area contributed by atoms with E-state index in [4.69, 9.17) is 0 Å². The minimum Gasteiger partial charge on any atom is -0.299 e. The third-order valence-corrected chi connectivity index (χ3v) is 5.95. The average molecular weight is 375 g/mol. The molecule has 7 nitrogen and oxygen atoms in total. The van der Waals surface area contributed by atoms with Crippen molar-refractivity contribution < 1.29 is 13.3 Å². The van der Waals surface area contributed by atoms with E-state index in [1.165, 1.54) is 29.3 Å². The lowest BCUT2D eigenvalue weighted by atomic mass is 10.00. The zero-order chi connectivity index (χ0) is 18.6. The highest BCUT2D eigenvalue weighted by molar-refractivity contribution is 7.89. The fourth-order valence-corrected chi connectivity index (χ4v) is 4.22. The Labute approximate surface area is 152 Å². The zero-order valence-corrected chi connectivity index (χ0v) is 15.1. The summed E-state index contributed by atoms with van der Waals surface area (Å²) in [5.41, 5.74) is 2.48. The summed E-state index contributed by atoms with van der Waals surface area (Å²) in [6.45, 7) is 2.94. The van der Waals surface area contributed by atoms with Crippen LogP contribution in [0.5, 0.6) is 0 Å². The standard InChI is InChI=1S/C18H21N3O4S/c22-21(23)17-7-3-8-18(13-17)26(24,25)19-10-4-11-20-12-9-15-5-1-2-6-16(15)14-20/h1-3,5-8,13,19H,4,9-12,14H2. The van der Waals surface area contributed by atoms with Crippen LogP contribution in [0.2, 0.25) is 0 Å². The summed E-state index contributed by atoms with van der Waals surface area (Å²) in [5, 5.41) is 10.8. The van der Waals surface area contributed by atoms with E-state index in [1.807, 2.05) is 6.07 Å². The molecule has 0 bridgehead atoms. The van der Waals surface area contributed by atoms with Gasteiger partial charge in [0, 0.05) is 31.8 Å². The molecule has 0 saturated carbocycles. The van der Waals surface area contributed by atoms with Gasteiger partial charge in [-0.25, -0.2) is 13.1 Å². The van der Waals surface area contributed by atoms with E-state index in [-0.39, 0.29) is 10.6 Å². The highest BCUT2D eigenvalue weighted by atomic mass is 32.2. The quantitative estimate of drug-likeness (QED) is 0.455. The third kappa shape index (κ3) is 4.46. The van der Waals surface area contributed by atoms with Crippen molar-refractivity contribution in [2.75, 3.05) is 19.6 Å². The second kappa shape index (κ2) is 7.94. The van der Waals surface area contributed by atoms with Gasteiger partial charge in [-0.1, -0.05) is 30.3 Å². The van der Waals surface area contributed by atoms with Crippen LogP contribution in [0.25, 0.3) is 0 Å². The fraction of sp³-hybridized carbons (Fsp3) is 0.333. The molecule has 0 aliphatic carbocycles. The van der Waals surface area contributed by atoms with Gasteiger partial charge in [-0.05, 0) is 36.6 Å². The van der Waals surface area contributed by atoms with Crippen molar-refractivity contribution in [3.8, 4) is 0 Å². The molecule has 0 saturated heterocycles. The van der Waals surface area contributed by atoms with E-state index in [9.17, 15) is 18.5 Å². The largest absolute Gasteiger partial charge is 0.299 e. The number of nitrogens with zero attached hydrogens (tertiary/aromatic N) is 2. The summed E-state index contributed by atoms with van der Waals surface area (Å²) in [6, 6.07) is 13.4. The SMILES string of the molecule is O=[N+]([O-])c1cccc(S(=O)(=O)NCCCN2CCc3ccccc3C2)c1. The fourth-order valence-electron chi connectivity index (χ4n) is 3.10. The van der Waals surface area contributed by atoms with Crippen molar-refractivity contribution in [1.82, 2.24) is 9.62 Å². The molecule has 3 rings (SSSR count). The van der Waals surface area contributed by atoms with Crippen molar-refractivity contribution in [2.24, 2.45) is 0 Å². The predicted molar refractivity (Wildman–Crippen MR) is 98.3 cm³/mol. The summed E-state index contributed by atoms with van der Waals surface area (Å²) in [4.78, 5) is 12.4. The molecular formula is C18H21N3O4S. The number of hydrogen-bond donors (Lipinski definition) is 1. The van der Waals surface area contributed by atoms with Gasteiger partial charge in [0.2, 0.25) is 10.0 Å². The average Bonchev–Trinajstić information content (AvgIpc) is 2.65. The van der Waals surface area contributed by atoms with Crippen molar-refractivity contribution in [1.29, 1.82) is 0 Å². The Morgan fingerprint density at radius 3 is 2.65 bits per heavy atom. The number of sulfonamides is 1. The van der Waals surface area contributed by atoms with Crippen LogP contribution in [0.1, 0.15) is 17.5 Å². The minimum absolute atomic E-state index is 0.0846. The van der Waals surface area contributed by atoms with Crippen LogP contribution in [-0.4, -0.2) is 37.9 Å². The molecule has 0 radical (unpaired) electrons. The molecule has 1 N–H and O–H groups in total. The molecule has 2 aromatic rings. The van der Waals surface area contributed by atoms with Crippen molar-refractivity contribution in [2.45, 2.75) is 24.3 Å². The van der Waals surface area contributed by atoms with Gasteiger partial charge in [-0.2, -0.15) is 0 Å². The molecule has 0 unspecified atom stereocenters. The Kier molecular flexibility index (Phi) is 5.65. The number of fused-ring (bicyclic) bond motifs is 1. The lowest BCUT2D eigenvalue weighted by Gasteiger charge is -2.28. The van der Waals surface area contributed by atoms with E-state index >= 15 is 0 Å². The van der Waals surface area contributed by atoms with Crippen molar-refractivity contribution in [3.63, 3.8) is 0 Å². The molecule has 0 atom stereocenters.